The second kappa shape index (κ2) is 7.09. The van der Waals surface area contributed by atoms with Gasteiger partial charge < -0.3 is 14.3 Å². The average Bonchev–Trinajstić information content (AvgIpc) is 3.11. The van der Waals surface area contributed by atoms with E-state index in [-0.39, 0.29) is 40.1 Å². The summed E-state index contributed by atoms with van der Waals surface area (Å²) >= 11 is 1.31. The average molecular weight is 395 g/mol. The molecule has 2 heterocycles. The van der Waals surface area contributed by atoms with Crippen LogP contribution in [0.1, 0.15) is 30.0 Å². The Morgan fingerprint density at radius 3 is 2.75 bits per heavy atom. The second-order valence-electron chi connectivity index (χ2n) is 6.17. The summed E-state index contributed by atoms with van der Waals surface area (Å²) in [5.74, 6) is -0.933. The van der Waals surface area contributed by atoms with Crippen LogP contribution in [0, 0.1) is 0 Å². The number of aromatic hydroxyl groups is 1. The summed E-state index contributed by atoms with van der Waals surface area (Å²) in [6.45, 7) is 3.69. The molecular formula is C21H17NO5S. The third-order valence-electron chi connectivity index (χ3n) is 4.44. The monoisotopic (exact) mass is 395 g/mol. The highest BCUT2D eigenvalue weighted by molar-refractivity contribution is 7.21. The normalized spacial score (nSPS) is 11.2. The summed E-state index contributed by atoms with van der Waals surface area (Å²) in [4.78, 5) is 30.4. The number of phenols is 1. The topological polar surface area (TPSA) is 89.6 Å². The quantitative estimate of drug-likeness (QED) is 0.511. The van der Waals surface area contributed by atoms with Crippen molar-refractivity contribution < 1.29 is 19.1 Å². The van der Waals surface area contributed by atoms with Gasteiger partial charge >= 0.3 is 5.97 Å². The van der Waals surface area contributed by atoms with Gasteiger partial charge in [-0.3, -0.25) is 4.79 Å². The molecule has 7 heteroatoms. The number of aryl methyl sites for hydroxylation is 1. The largest absolute Gasteiger partial charge is 0.508 e. The van der Waals surface area contributed by atoms with Crippen LogP contribution in [0.15, 0.2) is 45.6 Å². The first kappa shape index (κ1) is 18.2. The standard InChI is InChI=1S/C21H17NO5S/c1-3-11-9-12-15(10-14(11)23)27-19(21(25)26-4-2)17(18(12)24)20-22-13-7-5-6-8-16(13)28-20/h5-10,23H,3-4H2,1-2H3. The summed E-state index contributed by atoms with van der Waals surface area (Å²) in [6, 6.07) is 10.4. The van der Waals surface area contributed by atoms with Gasteiger partial charge in [-0.05, 0) is 37.1 Å². The molecule has 0 atom stereocenters. The molecule has 1 N–H and O–H groups in total. The molecule has 0 bridgehead atoms. The Balaban J connectivity index is 2.07. The molecule has 2 aromatic carbocycles. The fourth-order valence-corrected chi connectivity index (χ4v) is 4.08. The Kier molecular flexibility index (Phi) is 4.60. The number of carbonyl (C=O) groups excluding carboxylic acids is 1. The van der Waals surface area contributed by atoms with E-state index < -0.39 is 5.97 Å². The summed E-state index contributed by atoms with van der Waals surface area (Å²) in [7, 11) is 0. The number of hydrogen-bond acceptors (Lipinski definition) is 7. The van der Waals surface area contributed by atoms with E-state index in [1.165, 1.54) is 17.4 Å². The van der Waals surface area contributed by atoms with Crippen LogP contribution >= 0.6 is 11.3 Å². The number of aromatic nitrogens is 1. The molecule has 4 aromatic rings. The zero-order valence-electron chi connectivity index (χ0n) is 15.3. The highest BCUT2D eigenvalue weighted by atomic mass is 32.1. The number of nitrogens with zero attached hydrogens (tertiary/aromatic N) is 1. The van der Waals surface area contributed by atoms with Crippen LogP contribution in [0.4, 0.5) is 0 Å². The molecule has 0 aliphatic heterocycles. The van der Waals surface area contributed by atoms with Crippen LogP contribution in [-0.4, -0.2) is 22.7 Å². The fraction of sp³-hybridized carbons (Fsp3) is 0.190. The SMILES string of the molecule is CCOC(=O)c1oc2cc(O)c(CC)cc2c(=O)c1-c1nc2ccccc2s1. The maximum absolute atomic E-state index is 13.3. The highest BCUT2D eigenvalue weighted by Crippen LogP contribution is 2.33. The van der Waals surface area contributed by atoms with Crippen molar-refractivity contribution in [2.75, 3.05) is 6.61 Å². The number of para-hydroxylation sites is 1. The van der Waals surface area contributed by atoms with E-state index in [4.69, 9.17) is 9.15 Å². The van der Waals surface area contributed by atoms with Crippen LogP contribution in [0.25, 0.3) is 31.8 Å². The van der Waals surface area contributed by atoms with Crippen molar-refractivity contribution in [3.05, 3.63) is 57.9 Å². The minimum Gasteiger partial charge on any atom is -0.508 e. The predicted molar refractivity (Wildman–Crippen MR) is 108 cm³/mol. The number of rotatable bonds is 4. The molecule has 4 rings (SSSR count). The van der Waals surface area contributed by atoms with Crippen LogP contribution in [0.2, 0.25) is 0 Å². The van der Waals surface area contributed by atoms with E-state index in [1.54, 1.807) is 13.0 Å². The molecule has 0 radical (unpaired) electrons. The van der Waals surface area contributed by atoms with Crippen molar-refractivity contribution >= 4 is 38.5 Å². The molecule has 0 amide bonds. The maximum Gasteiger partial charge on any atom is 0.375 e. The lowest BCUT2D eigenvalue weighted by molar-refractivity contribution is 0.0492. The lowest BCUT2D eigenvalue weighted by Gasteiger charge is -2.09. The van der Waals surface area contributed by atoms with Gasteiger partial charge in [-0.15, -0.1) is 11.3 Å². The Hall–Kier alpha value is -3.19. The first-order valence-corrected chi connectivity index (χ1v) is 9.70. The molecule has 0 aliphatic carbocycles. The molecule has 0 fully saturated rings. The molecule has 0 aliphatic rings. The minimum atomic E-state index is -0.741. The number of carbonyl (C=O) groups is 1. The van der Waals surface area contributed by atoms with E-state index in [2.05, 4.69) is 4.98 Å². The zero-order chi connectivity index (χ0) is 19.8. The molecule has 0 saturated carbocycles. The van der Waals surface area contributed by atoms with Gasteiger partial charge in [-0.25, -0.2) is 9.78 Å². The van der Waals surface area contributed by atoms with E-state index in [1.807, 2.05) is 31.2 Å². The van der Waals surface area contributed by atoms with Crippen molar-refractivity contribution in [1.29, 1.82) is 0 Å². The third-order valence-corrected chi connectivity index (χ3v) is 5.49. The van der Waals surface area contributed by atoms with Gasteiger partial charge in [0.05, 0.1) is 22.2 Å². The molecule has 28 heavy (non-hydrogen) atoms. The lowest BCUT2D eigenvalue weighted by atomic mass is 10.1. The molecule has 0 unspecified atom stereocenters. The van der Waals surface area contributed by atoms with Gasteiger partial charge in [0.15, 0.2) is 0 Å². The Labute approximate surface area is 164 Å². The molecule has 6 nitrogen and oxygen atoms in total. The fourth-order valence-electron chi connectivity index (χ4n) is 3.07. The summed E-state index contributed by atoms with van der Waals surface area (Å²) < 4.78 is 11.7. The zero-order valence-corrected chi connectivity index (χ0v) is 16.1. The van der Waals surface area contributed by atoms with Crippen LogP contribution in [-0.2, 0) is 11.2 Å². The number of benzene rings is 2. The number of thiazole rings is 1. The van der Waals surface area contributed by atoms with Crippen LogP contribution in [0.5, 0.6) is 5.75 Å². The van der Waals surface area contributed by atoms with Gasteiger partial charge in [-0.1, -0.05) is 19.1 Å². The van der Waals surface area contributed by atoms with E-state index in [9.17, 15) is 14.7 Å². The number of ether oxygens (including phenoxy) is 1. The number of hydrogen-bond donors (Lipinski definition) is 1. The van der Waals surface area contributed by atoms with Crippen molar-refractivity contribution in [2.45, 2.75) is 20.3 Å². The summed E-state index contributed by atoms with van der Waals surface area (Å²) in [6.07, 6.45) is 0.553. The first-order chi connectivity index (χ1) is 13.5. The number of fused-ring (bicyclic) bond motifs is 2. The van der Waals surface area contributed by atoms with E-state index >= 15 is 0 Å². The van der Waals surface area contributed by atoms with Gasteiger partial charge in [0, 0.05) is 6.07 Å². The van der Waals surface area contributed by atoms with Crippen LogP contribution in [0.3, 0.4) is 0 Å². The number of phenolic OH excluding ortho intramolecular Hbond substituents is 1. The predicted octanol–water partition coefficient (Wildman–Crippen LogP) is 4.51. The maximum atomic E-state index is 13.3. The Bertz CT molecular complexity index is 1240. The van der Waals surface area contributed by atoms with Gasteiger partial charge in [0.2, 0.25) is 11.2 Å². The third kappa shape index (κ3) is 2.93. The molecule has 0 saturated heterocycles. The van der Waals surface area contributed by atoms with Gasteiger partial charge in [-0.2, -0.15) is 0 Å². The Morgan fingerprint density at radius 2 is 2.04 bits per heavy atom. The van der Waals surface area contributed by atoms with Crippen molar-refractivity contribution in [2.24, 2.45) is 0 Å². The second-order valence-corrected chi connectivity index (χ2v) is 7.20. The van der Waals surface area contributed by atoms with E-state index in [0.29, 0.717) is 17.0 Å². The van der Waals surface area contributed by atoms with E-state index in [0.717, 1.165) is 10.2 Å². The first-order valence-electron chi connectivity index (χ1n) is 8.89. The Morgan fingerprint density at radius 1 is 1.25 bits per heavy atom. The minimum absolute atomic E-state index is 0.0145. The molecule has 2 aromatic heterocycles. The van der Waals surface area contributed by atoms with Crippen molar-refractivity contribution in [3.63, 3.8) is 0 Å². The van der Waals surface area contributed by atoms with Crippen LogP contribution < -0.4 is 5.43 Å². The van der Waals surface area contributed by atoms with Gasteiger partial charge in [0.1, 0.15) is 21.9 Å². The van der Waals surface area contributed by atoms with Crippen molar-refractivity contribution in [3.8, 4) is 16.3 Å². The number of esters is 1. The summed E-state index contributed by atoms with van der Waals surface area (Å²) in [5.41, 5.74) is 1.20. The van der Waals surface area contributed by atoms with Crippen molar-refractivity contribution in [1.82, 2.24) is 4.98 Å². The molecule has 0 spiro atoms. The summed E-state index contributed by atoms with van der Waals surface area (Å²) in [5, 5.41) is 10.8. The smallest absolute Gasteiger partial charge is 0.375 e. The lowest BCUT2D eigenvalue weighted by Crippen LogP contribution is -2.15. The molecular weight excluding hydrogens is 378 g/mol. The van der Waals surface area contributed by atoms with Gasteiger partial charge in [0.25, 0.3) is 0 Å². The molecule has 142 valence electrons. The highest BCUT2D eigenvalue weighted by Gasteiger charge is 2.26.